The standard InChI is InChI=1S/C2H6O3S2.Y/c1-2-6-7(3,4)5;/h2H2,1H3,(H,3,4,5);. The van der Waals surface area contributed by atoms with Gasteiger partial charge in [-0.3, -0.25) is 4.55 Å². The molecule has 1 radical (unpaired) electrons. The minimum Gasteiger partial charge on any atom is -0.277 e. The molecule has 1 N–H and O–H groups in total. The van der Waals surface area contributed by atoms with E-state index in [1.165, 1.54) is 0 Å². The van der Waals surface area contributed by atoms with Crippen LogP contribution in [0.2, 0.25) is 0 Å². The molecular weight excluding hydrogens is 225 g/mol. The molecule has 0 rings (SSSR count). The molecule has 0 aromatic heterocycles. The van der Waals surface area contributed by atoms with Gasteiger partial charge in [-0.2, -0.15) is 8.42 Å². The van der Waals surface area contributed by atoms with Gasteiger partial charge in [0.25, 0.3) is 0 Å². The van der Waals surface area contributed by atoms with E-state index in [0.717, 1.165) is 0 Å². The Morgan fingerprint density at radius 3 is 2.00 bits per heavy atom. The van der Waals surface area contributed by atoms with Crippen LogP contribution in [-0.2, 0) is 41.9 Å². The maximum Gasteiger partial charge on any atom is 0.319 e. The van der Waals surface area contributed by atoms with Gasteiger partial charge >= 0.3 is 9.15 Å². The van der Waals surface area contributed by atoms with Crippen LogP contribution in [0.5, 0.6) is 0 Å². The first-order valence-electron chi connectivity index (χ1n) is 1.68. The van der Waals surface area contributed by atoms with Crippen molar-refractivity contribution >= 4 is 19.9 Å². The third-order valence-electron chi connectivity index (χ3n) is 0.267. The predicted octanol–water partition coefficient (Wildman–Crippen LogP) is 0.540. The molecule has 0 atom stereocenters. The summed E-state index contributed by atoms with van der Waals surface area (Å²) in [4.78, 5) is 0. The normalized spacial score (nSPS) is 10.2. The Hall–Kier alpha value is 1.36. The minimum absolute atomic E-state index is 0. The fourth-order valence-electron chi connectivity index (χ4n) is 0.149. The molecular formula is C2H6O3S2Y. The van der Waals surface area contributed by atoms with Crippen LogP contribution >= 0.6 is 10.8 Å². The van der Waals surface area contributed by atoms with Crippen molar-refractivity contribution in [2.75, 3.05) is 5.75 Å². The predicted molar refractivity (Wildman–Crippen MR) is 29.7 cm³/mol. The van der Waals surface area contributed by atoms with E-state index in [4.69, 9.17) is 4.55 Å². The quantitative estimate of drug-likeness (QED) is 0.556. The average Bonchev–Trinajstić information content (AvgIpc) is 1.30. The van der Waals surface area contributed by atoms with Crippen molar-refractivity contribution in [2.45, 2.75) is 6.92 Å². The Morgan fingerprint density at radius 1 is 1.62 bits per heavy atom. The monoisotopic (exact) mass is 231 g/mol. The Bertz CT molecular complexity index is 128. The first-order chi connectivity index (χ1) is 3.06. The van der Waals surface area contributed by atoms with Crippen LogP contribution in [0.4, 0.5) is 0 Å². The molecule has 0 spiro atoms. The summed E-state index contributed by atoms with van der Waals surface area (Å²) in [5, 5.41) is 0. The zero-order valence-corrected chi connectivity index (χ0v) is 8.84. The molecule has 8 heavy (non-hydrogen) atoms. The zero-order valence-electron chi connectivity index (χ0n) is 4.36. The van der Waals surface area contributed by atoms with Gasteiger partial charge in [0, 0.05) is 38.5 Å². The molecule has 0 bridgehead atoms. The van der Waals surface area contributed by atoms with Gasteiger partial charge in [-0.1, -0.05) is 6.92 Å². The Balaban J connectivity index is 0. The molecule has 0 saturated heterocycles. The molecule has 0 aliphatic rings. The van der Waals surface area contributed by atoms with Crippen LogP contribution in [0.25, 0.3) is 0 Å². The molecule has 0 saturated carbocycles. The van der Waals surface area contributed by atoms with Crippen molar-refractivity contribution in [3.8, 4) is 0 Å². The Kier molecular flexibility index (Phi) is 7.81. The van der Waals surface area contributed by atoms with E-state index in [1.54, 1.807) is 6.92 Å². The van der Waals surface area contributed by atoms with Crippen LogP contribution in [-0.4, -0.2) is 18.7 Å². The molecule has 0 heterocycles. The van der Waals surface area contributed by atoms with Crippen molar-refractivity contribution in [1.82, 2.24) is 0 Å². The maximum atomic E-state index is 9.75. The summed E-state index contributed by atoms with van der Waals surface area (Å²) in [5.74, 6) is 0.388. The molecule has 0 aromatic carbocycles. The maximum absolute atomic E-state index is 9.75. The van der Waals surface area contributed by atoms with Gasteiger partial charge in [0.1, 0.15) is 0 Å². The van der Waals surface area contributed by atoms with E-state index in [0.29, 0.717) is 16.5 Å². The number of hydrogen-bond donors (Lipinski definition) is 1. The van der Waals surface area contributed by atoms with Gasteiger partial charge < -0.3 is 0 Å². The van der Waals surface area contributed by atoms with Crippen molar-refractivity contribution in [3.63, 3.8) is 0 Å². The van der Waals surface area contributed by atoms with Gasteiger partial charge in [-0.25, -0.2) is 0 Å². The van der Waals surface area contributed by atoms with Crippen molar-refractivity contribution < 1.29 is 45.7 Å². The van der Waals surface area contributed by atoms with Gasteiger partial charge in [0.2, 0.25) is 0 Å². The fourth-order valence-corrected chi connectivity index (χ4v) is 1.34. The van der Waals surface area contributed by atoms with Crippen LogP contribution in [0.1, 0.15) is 6.92 Å². The van der Waals surface area contributed by atoms with Crippen LogP contribution in [0.3, 0.4) is 0 Å². The van der Waals surface area contributed by atoms with Crippen LogP contribution in [0.15, 0.2) is 0 Å². The Labute approximate surface area is 77.6 Å². The summed E-state index contributed by atoms with van der Waals surface area (Å²) < 4.78 is 27.5. The van der Waals surface area contributed by atoms with Crippen LogP contribution < -0.4 is 0 Å². The molecule has 0 aromatic rings. The molecule has 3 nitrogen and oxygen atoms in total. The van der Waals surface area contributed by atoms with E-state index >= 15 is 0 Å². The first kappa shape index (κ1) is 12.1. The second-order valence-corrected chi connectivity index (χ2v) is 4.47. The molecule has 0 aliphatic carbocycles. The fraction of sp³-hybridized carbons (Fsp3) is 1.00. The summed E-state index contributed by atoms with van der Waals surface area (Å²) in [7, 11) is -3.24. The van der Waals surface area contributed by atoms with Gasteiger partial charge in [0.15, 0.2) is 0 Å². The van der Waals surface area contributed by atoms with Crippen LogP contribution in [0, 0.1) is 0 Å². The second-order valence-electron chi connectivity index (χ2n) is 0.834. The molecule has 0 fully saturated rings. The van der Waals surface area contributed by atoms with E-state index in [2.05, 4.69) is 0 Å². The Morgan fingerprint density at radius 2 is 2.00 bits per heavy atom. The molecule has 47 valence electrons. The zero-order chi connectivity index (χ0) is 5.91. The third-order valence-corrected chi connectivity index (χ3v) is 2.40. The first-order valence-corrected chi connectivity index (χ1v) is 4.62. The smallest absolute Gasteiger partial charge is 0.277 e. The van der Waals surface area contributed by atoms with Crippen molar-refractivity contribution in [1.29, 1.82) is 0 Å². The summed E-state index contributed by atoms with van der Waals surface area (Å²) in [5.41, 5.74) is 0. The molecule has 6 heteroatoms. The summed E-state index contributed by atoms with van der Waals surface area (Å²) >= 11 is 0. The minimum atomic E-state index is -3.76. The van der Waals surface area contributed by atoms with Crippen molar-refractivity contribution in [2.24, 2.45) is 0 Å². The van der Waals surface area contributed by atoms with Gasteiger partial charge in [0.05, 0.1) is 0 Å². The summed E-state index contributed by atoms with van der Waals surface area (Å²) in [6.45, 7) is 1.65. The summed E-state index contributed by atoms with van der Waals surface area (Å²) in [6, 6.07) is 0. The van der Waals surface area contributed by atoms with E-state index in [1.807, 2.05) is 0 Å². The molecule has 0 amide bonds. The van der Waals surface area contributed by atoms with Gasteiger partial charge in [-0.15, -0.1) is 0 Å². The summed E-state index contributed by atoms with van der Waals surface area (Å²) in [6.07, 6.45) is 0. The molecule has 0 aliphatic heterocycles. The number of rotatable bonds is 2. The van der Waals surface area contributed by atoms with E-state index in [9.17, 15) is 8.42 Å². The number of hydrogen-bond acceptors (Lipinski definition) is 3. The van der Waals surface area contributed by atoms with E-state index in [-0.39, 0.29) is 32.7 Å². The SMILES string of the molecule is CCSS(=O)(=O)O.[Y]. The van der Waals surface area contributed by atoms with Crippen molar-refractivity contribution in [3.05, 3.63) is 0 Å². The average molecular weight is 231 g/mol. The topological polar surface area (TPSA) is 54.4 Å². The molecule has 0 unspecified atom stereocenters. The third kappa shape index (κ3) is 10.4. The van der Waals surface area contributed by atoms with Gasteiger partial charge in [-0.05, 0) is 10.8 Å². The second kappa shape index (κ2) is 5.17. The largest absolute Gasteiger partial charge is 0.319 e. The van der Waals surface area contributed by atoms with E-state index < -0.39 is 9.15 Å².